The number of aryl methyl sites for hydroxylation is 2. The molecule has 0 atom stereocenters. The van der Waals surface area contributed by atoms with Crippen LogP contribution in [0, 0.1) is 25.6 Å². The van der Waals surface area contributed by atoms with Crippen LogP contribution in [-0.2, 0) is 4.74 Å². The van der Waals surface area contributed by atoms with Crippen LogP contribution in [0.5, 0.6) is 0 Å². The molecule has 0 aliphatic carbocycles. The first kappa shape index (κ1) is 21.1. The van der Waals surface area contributed by atoms with Crippen LogP contribution in [0.1, 0.15) is 44.6 Å². The Kier molecular flexibility index (Phi) is 6.39. The lowest BCUT2D eigenvalue weighted by atomic mass is 10.2. The monoisotopic (exact) mass is 433 g/mol. The number of anilines is 1. The third-order valence-electron chi connectivity index (χ3n) is 3.84. The minimum absolute atomic E-state index is 0.232. The van der Waals surface area contributed by atoms with Gasteiger partial charge in [0.15, 0.2) is 5.13 Å². The Morgan fingerprint density at radius 2 is 1.72 bits per heavy atom. The number of carbonyl (C=O) groups is 2. The number of aromatic nitrogens is 2. The highest BCUT2D eigenvalue weighted by molar-refractivity contribution is 7.18. The second kappa shape index (κ2) is 8.79. The molecule has 0 bridgehead atoms. The zero-order valence-corrected chi connectivity index (χ0v) is 18.0. The molecule has 3 aromatic rings. The van der Waals surface area contributed by atoms with Gasteiger partial charge in [0.25, 0.3) is 5.91 Å². The quantitative estimate of drug-likeness (QED) is 0.548. The van der Waals surface area contributed by atoms with Crippen molar-refractivity contribution in [3.8, 4) is 10.6 Å². The van der Waals surface area contributed by atoms with Gasteiger partial charge < -0.3 is 4.74 Å². The molecule has 3 rings (SSSR count). The number of esters is 1. The first-order chi connectivity index (χ1) is 13.7. The number of carbonyl (C=O) groups excluding carboxylic acids is 2. The fourth-order valence-corrected chi connectivity index (χ4v) is 4.25. The van der Waals surface area contributed by atoms with Gasteiger partial charge in [-0.05, 0) is 44.0 Å². The molecule has 0 aliphatic heterocycles. The Hall–Kier alpha value is -2.65. The van der Waals surface area contributed by atoms with Gasteiger partial charge in [-0.1, -0.05) is 25.2 Å². The van der Waals surface area contributed by atoms with E-state index in [1.807, 2.05) is 13.8 Å². The van der Waals surface area contributed by atoms with Crippen molar-refractivity contribution in [1.29, 1.82) is 0 Å². The predicted molar refractivity (Wildman–Crippen MR) is 112 cm³/mol. The maximum atomic E-state index is 13.1. The molecule has 0 spiro atoms. The van der Waals surface area contributed by atoms with Crippen LogP contribution in [0.25, 0.3) is 10.6 Å². The van der Waals surface area contributed by atoms with Crippen LogP contribution in [0.15, 0.2) is 24.3 Å². The number of nitrogens with one attached hydrogen (secondary N) is 1. The maximum Gasteiger partial charge on any atom is 0.350 e. The summed E-state index contributed by atoms with van der Waals surface area (Å²) in [7, 11) is 0. The average Bonchev–Trinajstić information content (AvgIpc) is 3.23. The fourth-order valence-electron chi connectivity index (χ4n) is 2.42. The van der Waals surface area contributed by atoms with Crippen LogP contribution in [0.2, 0.25) is 0 Å². The van der Waals surface area contributed by atoms with Gasteiger partial charge in [0.05, 0.1) is 18.0 Å². The van der Waals surface area contributed by atoms with Crippen LogP contribution in [0.3, 0.4) is 0 Å². The smallest absolute Gasteiger partial charge is 0.350 e. The Balaban J connectivity index is 1.75. The van der Waals surface area contributed by atoms with Gasteiger partial charge >= 0.3 is 5.97 Å². The van der Waals surface area contributed by atoms with E-state index in [0.29, 0.717) is 37.9 Å². The van der Waals surface area contributed by atoms with Crippen molar-refractivity contribution in [3.05, 3.63) is 51.2 Å². The molecule has 2 aromatic heterocycles. The van der Waals surface area contributed by atoms with Gasteiger partial charge in [0.1, 0.15) is 20.6 Å². The van der Waals surface area contributed by atoms with Gasteiger partial charge in [0, 0.05) is 5.56 Å². The summed E-state index contributed by atoms with van der Waals surface area (Å²) in [6.07, 6.45) is 0. The largest absolute Gasteiger partial charge is 0.461 e. The van der Waals surface area contributed by atoms with Crippen LogP contribution in [-0.4, -0.2) is 28.5 Å². The van der Waals surface area contributed by atoms with E-state index in [9.17, 15) is 14.0 Å². The number of thiazole rings is 2. The molecule has 152 valence electrons. The molecule has 2 heterocycles. The van der Waals surface area contributed by atoms with Crippen molar-refractivity contribution in [2.75, 3.05) is 11.9 Å². The van der Waals surface area contributed by atoms with E-state index in [0.717, 1.165) is 16.9 Å². The minimum Gasteiger partial charge on any atom is -0.461 e. The first-order valence-electron chi connectivity index (χ1n) is 8.94. The number of hydrogen-bond donors (Lipinski definition) is 1. The summed E-state index contributed by atoms with van der Waals surface area (Å²) in [5.74, 6) is -0.899. The van der Waals surface area contributed by atoms with Crippen LogP contribution in [0.4, 0.5) is 9.52 Å². The number of nitrogens with zero attached hydrogens (tertiary/aromatic N) is 2. The van der Waals surface area contributed by atoms with E-state index in [-0.39, 0.29) is 17.6 Å². The van der Waals surface area contributed by atoms with E-state index >= 15 is 0 Å². The molecule has 0 saturated carbocycles. The Morgan fingerprint density at radius 3 is 2.38 bits per heavy atom. The first-order valence-corrected chi connectivity index (χ1v) is 10.6. The minimum atomic E-state index is -0.443. The van der Waals surface area contributed by atoms with Crippen LogP contribution < -0.4 is 5.32 Å². The molecule has 1 amide bonds. The summed E-state index contributed by atoms with van der Waals surface area (Å²) in [6, 6.07) is 5.94. The summed E-state index contributed by atoms with van der Waals surface area (Å²) in [5.41, 5.74) is 1.81. The highest BCUT2D eigenvalue weighted by Crippen LogP contribution is 2.30. The summed E-state index contributed by atoms with van der Waals surface area (Å²) in [6.45, 7) is 7.67. The van der Waals surface area contributed by atoms with Gasteiger partial charge in [-0.3, -0.25) is 10.1 Å². The number of benzene rings is 1. The molecular formula is C20H20FN3O3S2. The number of ether oxygens (including phenoxy) is 1. The molecule has 0 fully saturated rings. The third kappa shape index (κ3) is 5.04. The fraction of sp³-hybridized carbons (Fsp3) is 0.300. The SMILES string of the molecule is Cc1nc(-c2ccc(F)cc2)sc1C(=O)Nc1nc(C)c(C(=O)OCC(C)C)s1. The highest BCUT2D eigenvalue weighted by atomic mass is 32.1. The molecule has 0 unspecified atom stereocenters. The lowest BCUT2D eigenvalue weighted by Gasteiger charge is -2.05. The Morgan fingerprint density at radius 1 is 1.07 bits per heavy atom. The zero-order chi connectivity index (χ0) is 21.1. The van der Waals surface area contributed by atoms with E-state index < -0.39 is 5.97 Å². The number of hydrogen-bond acceptors (Lipinski definition) is 7. The van der Waals surface area contributed by atoms with Crippen molar-refractivity contribution < 1.29 is 18.7 Å². The van der Waals surface area contributed by atoms with Gasteiger partial charge in [0.2, 0.25) is 0 Å². The molecule has 29 heavy (non-hydrogen) atoms. The second-order valence-corrected chi connectivity index (χ2v) is 8.82. The van der Waals surface area contributed by atoms with Gasteiger partial charge in [-0.25, -0.2) is 19.2 Å². The number of halogens is 1. The number of rotatable bonds is 6. The predicted octanol–water partition coefficient (Wildman–Crippen LogP) is 5.09. The maximum absolute atomic E-state index is 13.1. The molecule has 0 aliphatic rings. The number of amides is 1. The Labute approximate surface area is 175 Å². The molecule has 0 saturated heterocycles. The Bertz CT molecular complexity index is 1040. The zero-order valence-electron chi connectivity index (χ0n) is 16.4. The van der Waals surface area contributed by atoms with E-state index in [4.69, 9.17) is 4.74 Å². The molecule has 6 nitrogen and oxygen atoms in total. The third-order valence-corrected chi connectivity index (χ3v) is 6.10. The van der Waals surface area contributed by atoms with Crippen molar-refractivity contribution >= 4 is 39.7 Å². The van der Waals surface area contributed by atoms with Crippen LogP contribution >= 0.6 is 22.7 Å². The normalized spacial score (nSPS) is 11.0. The summed E-state index contributed by atoms with van der Waals surface area (Å²) in [4.78, 5) is 34.3. The van der Waals surface area contributed by atoms with Gasteiger partial charge in [-0.15, -0.1) is 11.3 Å². The molecular weight excluding hydrogens is 413 g/mol. The van der Waals surface area contributed by atoms with Crippen molar-refractivity contribution in [3.63, 3.8) is 0 Å². The molecule has 1 N–H and O–H groups in total. The average molecular weight is 434 g/mol. The molecule has 1 aromatic carbocycles. The van der Waals surface area contributed by atoms with Crippen molar-refractivity contribution in [1.82, 2.24) is 9.97 Å². The topological polar surface area (TPSA) is 81.2 Å². The summed E-state index contributed by atoms with van der Waals surface area (Å²) in [5, 5.41) is 3.67. The lowest BCUT2D eigenvalue weighted by molar-refractivity contribution is 0.0463. The second-order valence-electron chi connectivity index (χ2n) is 6.82. The molecule has 9 heteroatoms. The highest BCUT2D eigenvalue weighted by Gasteiger charge is 2.21. The van der Waals surface area contributed by atoms with E-state index in [1.165, 1.54) is 23.5 Å². The van der Waals surface area contributed by atoms with Crippen molar-refractivity contribution in [2.24, 2.45) is 5.92 Å². The molecule has 0 radical (unpaired) electrons. The summed E-state index contributed by atoms with van der Waals surface area (Å²) < 4.78 is 18.4. The summed E-state index contributed by atoms with van der Waals surface area (Å²) >= 11 is 2.29. The van der Waals surface area contributed by atoms with E-state index in [1.54, 1.807) is 26.0 Å². The van der Waals surface area contributed by atoms with Crippen molar-refractivity contribution in [2.45, 2.75) is 27.7 Å². The standard InChI is InChI=1S/C20H20FN3O3S2/c1-10(2)9-27-19(26)16-12(4)23-20(29-16)24-17(25)15-11(3)22-18(28-15)13-5-7-14(21)8-6-13/h5-8,10H,9H2,1-4H3,(H,23,24,25). The lowest BCUT2D eigenvalue weighted by Crippen LogP contribution is -2.11. The van der Waals surface area contributed by atoms with Gasteiger partial charge in [-0.2, -0.15) is 0 Å². The van der Waals surface area contributed by atoms with E-state index in [2.05, 4.69) is 15.3 Å².